The average molecular weight is 396 g/mol. The molecule has 3 rings (SSSR count). The topological polar surface area (TPSA) is 70.7 Å². The normalized spacial score (nSPS) is 14.4. The maximum atomic E-state index is 12.2. The van der Waals surface area contributed by atoms with E-state index in [4.69, 9.17) is 4.74 Å². The molecular formula is C23H29N3O3. The number of amides is 2. The molecule has 29 heavy (non-hydrogen) atoms. The van der Waals surface area contributed by atoms with Crippen LogP contribution in [0.15, 0.2) is 48.5 Å². The molecule has 1 aliphatic heterocycles. The lowest BCUT2D eigenvalue weighted by Gasteiger charge is -2.27. The Kier molecular flexibility index (Phi) is 7.78. The van der Waals surface area contributed by atoms with Gasteiger partial charge < -0.3 is 15.4 Å². The van der Waals surface area contributed by atoms with E-state index in [0.717, 1.165) is 44.0 Å². The van der Waals surface area contributed by atoms with Gasteiger partial charge in [0.25, 0.3) is 5.91 Å². The third kappa shape index (κ3) is 6.69. The van der Waals surface area contributed by atoms with Crippen molar-refractivity contribution in [2.24, 2.45) is 0 Å². The molecule has 0 spiro atoms. The summed E-state index contributed by atoms with van der Waals surface area (Å²) in [6.45, 7) is 7.02. The number of nitrogens with one attached hydrogen (secondary N) is 2. The van der Waals surface area contributed by atoms with Crippen molar-refractivity contribution in [3.05, 3.63) is 70.8 Å². The van der Waals surface area contributed by atoms with Crippen LogP contribution in [-0.4, -0.2) is 49.6 Å². The molecular weight excluding hydrogens is 366 g/mol. The predicted molar refractivity (Wildman–Crippen MR) is 113 cm³/mol. The molecule has 0 radical (unpaired) electrons. The molecule has 0 bridgehead atoms. The van der Waals surface area contributed by atoms with E-state index >= 15 is 0 Å². The molecule has 1 aliphatic rings. The highest BCUT2D eigenvalue weighted by Gasteiger charge is 2.13. The second-order valence-electron chi connectivity index (χ2n) is 7.31. The van der Waals surface area contributed by atoms with E-state index in [-0.39, 0.29) is 18.2 Å². The highest BCUT2D eigenvalue weighted by atomic mass is 16.5. The van der Waals surface area contributed by atoms with E-state index in [0.29, 0.717) is 18.7 Å². The smallest absolute Gasteiger partial charge is 0.251 e. The van der Waals surface area contributed by atoms with Crippen LogP contribution in [0, 0.1) is 6.92 Å². The predicted octanol–water partition coefficient (Wildman–Crippen LogP) is 2.26. The molecule has 2 N–H and O–H groups in total. The molecule has 0 saturated carbocycles. The lowest BCUT2D eigenvalue weighted by molar-refractivity contribution is -0.121. The first kappa shape index (κ1) is 21.0. The lowest BCUT2D eigenvalue weighted by Crippen LogP contribution is -2.36. The van der Waals surface area contributed by atoms with Crippen LogP contribution < -0.4 is 10.6 Å². The second kappa shape index (κ2) is 10.7. The molecule has 6 nitrogen and oxygen atoms in total. The third-order valence-corrected chi connectivity index (χ3v) is 5.01. The van der Waals surface area contributed by atoms with Gasteiger partial charge in [-0.25, -0.2) is 0 Å². The van der Waals surface area contributed by atoms with Gasteiger partial charge in [0, 0.05) is 44.7 Å². The molecule has 2 aromatic rings. The van der Waals surface area contributed by atoms with E-state index in [2.05, 4.69) is 27.7 Å². The van der Waals surface area contributed by atoms with Crippen LogP contribution in [0.5, 0.6) is 0 Å². The van der Waals surface area contributed by atoms with Crippen molar-refractivity contribution >= 4 is 11.8 Å². The van der Waals surface area contributed by atoms with Gasteiger partial charge >= 0.3 is 0 Å². The van der Waals surface area contributed by atoms with Gasteiger partial charge in [-0.1, -0.05) is 42.0 Å². The Balaban J connectivity index is 1.43. The Hall–Kier alpha value is -2.70. The van der Waals surface area contributed by atoms with E-state index in [1.807, 2.05) is 37.3 Å². The van der Waals surface area contributed by atoms with Gasteiger partial charge in [0.2, 0.25) is 5.91 Å². The maximum absolute atomic E-state index is 12.2. The zero-order valence-corrected chi connectivity index (χ0v) is 16.9. The van der Waals surface area contributed by atoms with E-state index in [1.54, 1.807) is 6.07 Å². The first-order chi connectivity index (χ1) is 14.1. The number of morpholine rings is 1. The molecule has 1 saturated heterocycles. The zero-order valence-electron chi connectivity index (χ0n) is 16.9. The quantitative estimate of drug-likeness (QED) is 0.719. The summed E-state index contributed by atoms with van der Waals surface area (Å²) < 4.78 is 5.41. The van der Waals surface area contributed by atoms with Gasteiger partial charge in [0.1, 0.15) is 0 Å². The summed E-state index contributed by atoms with van der Waals surface area (Å²) in [5.41, 5.74) is 3.99. The monoisotopic (exact) mass is 395 g/mol. The van der Waals surface area contributed by atoms with Gasteiger partial charge in [-0.15, -0.1) is 0 Å². The van der Waals surface area contributed by atoms with Crippen molar-refractivity contribution in [3.63, 3.8) is 0 Å². The summed E-state index contributed by atoms with van der Waals surface area (Å²) in [5, 5.41) is 5.77. The lowest BCUT2D eigenvalue weighted by atomic mass is 10.1. The van der Waals surface area contributed by atoms with Crippen molar-refractivity contribution in [1.82, 2.24) is 15.5 Å². The van der Waals surface area contributed by atoms with Crippen molar-refractivity contribution in [3.8, 4) is 0 Å². The minimum absolute atomic E-state index is 0.0734. The number of rotatable bonds is 8. The molecule has 2 amide bonds. The first-order valence-electron chi connectivity index (χ1n) is 10.1. The van der Waals surface area contributed by atoms with Crippen LogP contribution in [0.2, 0.25) is 0 Å². The van der Waals surface area contributed by atoms with E-state index < -0.39 is 0 Å². The second-order valence-corrected chi connectivity index (χ2v) is 7.31. The van der Waals surface area contributed by atoms with Crippen molar-refractivity contribution < 1.29 is 14.3 Å². The van der Waals surface area contributed by atoms with Crippen LogP contribution in [0.4, 0.5) is 0 Å². The molecule has 6 heteroatoms. The Bertz CT molecular complexity index is 832. The van der Waals surface area contributed by atoms with Crippen LogP contribution in [0.1, 0.15) is 33.5 Å². The van der Waals surface area contributed by atoms with Crippen LogP contribution >= 0.6 is 0 Å². The Morgan fingerprint density at radius 1 is 1.00 bits per heavy atom. The fraction of sp³-hybridized carbons (Fsp3) is 0.391. The third-order valence-electron chi connectivity index (χ3n) is 5.01. The Morgan fingerprint density at radius 2 is 1.76 bits per heavy atom. The van der Waals surface area contributed by atoms with Crippen LogP contribution in [-0.2, 0) is 22.6 Å². The van der Waals surface area contributed by atoms with E-state index in [9.17, 15) is 9.59 Å². The number of ether oxygens (including phenoxy) is 1. The number of carbonyl (C=O) groups excluding carboxylic acids is 2. The highest BCUT2D eigenvalue weighted by molar-refractivity contribution is 5.94. The fourth-order valence-corrected chi connectivity index (χ4v) is 3.34. The number of hydrogen-bond acceptors (Lipinski definition) is 4. The zero-order chi connectivity index (χ0) is 20.5. The molecule has 0 unspecified atom stereocenters. The molecule has 2 aromatic carbocycles. The number of aryl methyl sites for hydroxylation is 1. The van der Waals surface area contributed by atoms with Gasteiger partial charge in [-0.05, 0) is 30.2 Å². The summed E-state index contributed by atoms with van der Waals surface area (Å²) in [6, 6.07) is 15.6. The molecule has 0 aliphatic carbocycles. The number of carbonyl (C=O) groups is 2. The number of hydrogen-bond donors (Lipinski definition) is 2. The molecule has 1 fully saturated rings. The van der Waals surface area contributed by atoms with Gasteiger partial charge in [-0.3, -0.25) is 14.5 Å². The fourth-order valence-electron chi connectivity index (χ4n) is 3.34. The molecule has 1 heterocycles. The van der Waals surface area contributed by atoms with Crippen molar-refractivity contribution in [2.45, 2.75) is 26.4 Å². The van der Waals surface area contributed by atoms with Gasteiger partial charge in [0.05, 0.1) is 13.2 Å². The summed E-state index contributed by atoms with van der Waals surface area (Å²) in [5.74, 6) is -0.229. The summed E-state index contributed by atoms with van der Waals surface area (Å²) >= 11 is 0. The number of nitrogens with zero attached hydrogens (tertiary/aromatic N) is 1. The number of benzene rings is 2. The molecule has 154 valence electrons. The largest absolute Gasteiger partial charge is 0.379 e. The Morgan fingerprint density at radius 3 is 2.52 bits per heavy atom. The first-order valence-corrected chi connectivity index (χ1v) is 10.1. The maximum Gasteiger partial charge on any atom is 0.251 e. The standard InChI is InChI=1S/C23H29N3O3/c1-18-5-4-8-19(15-18)23(28)24-10-9-22(27)25-16-20-6-2-3-7-21(20)17-26-11-13-29-14-12-26/h2-8,15H,9-14,16-17H2,1H3,(H,24,28)(H,25,27). The molecule has 0 atom stereocenters. The average Bonchev–Trinajstić information content (AvgIpc) is 2.74. The molecule has 0 aromatic heterocycles. The van der Waals surface area contributed by atoms with Crippen molar-refractivity contribution in [2.75, 3.05) is 32.8 Å². The minimum atomic E-state index is -0.155. The Labute approximate surface area is 172 Å². The SMILES string of the molecule is Cc1cccc(C(=O)NCCC(=O)NCc2ccccc2CN2CCOCC2)c1. The van der Waals surface area contributed by atoms with Crippen LogP contribution in [0.25, 0.3) is 0 Å². The van der Waals surface area contributed by atoms with Crippen LogP contribution in [0.3, 0.4) is 0 Å². The summed E-state index contributed by atoms with van der Waals surface area (Å²) in [7, 11) is 0. The summed E-state index contributed by atoms with van der Waals surface area (Å²) in [6.07, 6.45) is 0.253. The van der Waals surface area contributed by atoms with Gasteiger partial charge in [0.15, 0.2) is 0 Å². The minimum Gasteiger partial charge on any atom is -0.379 e. The summed E-state index contributed by atoms with van der Waals surface area (Å²) in [4.78, 5) is 26.7. The highest BCUT2D eigenvalue weighted by Crippen LogP contribution is 2.13. The van der Waals surface area contributed by atoms with Crippen molar-refractivity contribution in [1.29, 1.82) is 0 Å². The van der Waals surface area contributed by atoms with E-state index in [1.165, 1.54) is 5.56 Å². The van der Waals surface area contributed by atoms with Gasteiger partial charge in [-0.2, -0.15) is 0 Å².